The number of carbonyl (C=O) groups excluding carboxylic acids is 2. The van der Waals surface area contributed by atoms with Crippen LogP contribution in [0.25, 0.3) is 0 Å². The number of nitrogens with one attached hydrogen (secondary N) is 1. The predicted octanol–water partition coefficient (Wildman–Crippen LogP) is 7.29. The van der Waals surface area contributed by atoms with Crippen molar-refractivity contribution in [2.24, 2.45) is 22.9 Å². The number of amides is 2. The molecule has 4 N–H and O–H groups in total. The number of allylic oxidation sites excluding steroid dienone is 1. The summed E-state index contributed by atoms with van der Waals surface area (Å²) in [7, 11) is 0. The number of aliphatic hydroxyl groups excluding tert-OH is 3. The first-order chi connectivity index (χ1) is 32.4. The van der Waals surface area contributed by atoms with Gasteiger partial charge in [0.25, 0.3) is 0 Å². The van der Waals surface area contributed by atoms with Crippen LogP contribution in [-0.4, -0.2) is 116 Å². The van der Waals surface area contributed by atoms with E-state index in [2.05, 4.69) is 18.0 Å². The van der Waals surface area contributed by atoms with E-state index in [1.54, 1.807) is 23.1 Å². The minimum absolute atomic E-state index is 0.000468. The van der Waals surface area contributed by atoms with Gasteiger partial charge in [0, 0.05) is 44.2 Å². The van der Waals surface area contributed by atoms with E-state index in [1.165, 1.54) is 0 Å². The van der Waals surface area contributed by atoms with Gasteiger partial charge in [0.2, 0.25) is 5.79 Å². The van der Waals surface area contributed by atoms with Crippen molar-refractivity contribution in [3.63, 3.8) is 0 Å². The summed E-state index contributed by atoms with van der Waals surface area (Å²) in [5.74, 6) is -1.74. The van der Waals surface area contributed by atoms with Crippen LogP contribution in [0.15, 0.2) is 108 Å². The highest BCUT2D eigenvalue weighted by atomic mass is 16.7. The Balaban J connectivity index is 1.44. The zero-order chi connectivity index (χ0) is 46.6. The molecular formula is C51H67N3O12. The van der Waals surface area contributed by atoms with E-state index < -0.39 is 29.9 Å². The Morgan fingerprint density at radius 2 is 1.64 bits per heavy atom. The predicted molar refractivity (Wildman–Crippen MR) is 248 cm³/mol. The second-order valence-electron chi connectivity index (χ2n) is 16.6. The average Bonchev–Trinajstić information content (AvgIpc) is 3.34. The molecule has 0 saturated heterocycles. The molecule has 3 aromatic rings. The molecule has 3 aliphatic rings. The number of unbranched alkanes of at least 4 members (excludes halogenated alkanes) is 2. The highest BCUT2D eigenvalue weighted by Crippen LogP contribution is 2.62. The lowest BCUT2D eigenvalue weighted by Gasteiger charge is -2.59. The molecule has 0 spiro atoms. The lowest BCUT2D eigenvalue weighted by molar-refractivity contribution is -0.256. The van der Waals surface area contributed by atoms with Gasteiger partial charge in [-0.2, -0.15) is 0 Å². The van der Waals surface area contributed by atoms with Crippen molar-refractivity contribution >= 4 is 17.9 Å². The third-order valence-electron chi connectivity index (χ3n) is 12.3. The van der Waals surface area contributed by atoms with Gasteiger partial charge in [0.1, 0.15) is 30.8 Å². The number of nitrogens with zero attached hydrogens (tertiary/aromatic N) is 2. The summed E-state index contributed by atoms with van der Waals surface area (Å²) >= 11 is 0. The molecule has 1 fully saturated rings. The molecular weight excluding hydrogens is 847 g/mol. The SMILES string of the molecule is C=CCOC12Oc3ccc(OC(=O)NCc4ccccc4)cc3C3C(CCCCO)C(CCCCO)C=C(C(=NOCC)CC1N(CCOCCO)C(=O)OCCOCc1ccccc1)C32. The van der Waals surface area contributed by atoms with Gasteiger partial charge in [-0.1, -0.05) is 90.8 Å². The van der Waals surface area contributed by atoms with Crippen LogP contribution in [0.4, 0.5) is 9.59 Å². The maximum Gasteiger partial charge on any atom is 0.412 e. The summed E-state index contributed by atoms with van der Waals surface area (Å²) in [5, 5.41) is 37.0. The molecule has 1 saturated carbocycles. The topological polar surface area (TPSA) is 187 Å². The zero-order valence-electron chi connectivity index (χ0n) is 38.1. The van der Waals surface area contributed by atoms with Crippen LogP contribution in [0, 0.1) is 17.8 Å². The lowest BCUT2D eigenvalue weighted by atomic mass is 9.55. The highest BCUT2D eigenvalue weighted by molar-refractivity contribution is 6.03. The zero-order valence-corrected chi connectivity index (χ0v) is 38.1. The van der Waals surface area contributed by atoms with Gasteiger partial charge in [0.05, 0.1) is 51.3 Å². The average molecular weight is 914 g/mol. The largest absolute Gasteiger partial charge is 0.459 e. The molecule has 3 aromatic carbocycles. The Labute approximate surface area is 388 Å². The molecule has 0 radical (unpaired) electrons. The molecule has 6 rings (SSSR count). The molecule has 2 aliphatic carbocycles. The molecule has 2 amide bonds. The standard InChI is InChI=1S/C51H67N3O12/c1-3-27-63-51-46(54(23-28-60-29-26-57)50(59)62-31-30-61-36-38-17-9-6-10-18-38)34-44(53-64-4-2)42-32-39(19-11-13-24-55)41(20-12-14-25-56)47(48(42)51)43-33-40(21-22-45(43)66-51)65-49(58)52-35-37-15-7-5-8-16-37/h3,5-10,15-18,21-22,32-33,39,41,46-48,55-57H,1,4,11-14,19-20,23-31,34-36H2,2H3,(H,52,58). The van der Waals surface area contributed by atoms with E-state index in [4.69, 9.17) is 38.4 Å². The van der Waals surface area contributed by atoms with Gasteiger partial charge < -0.3 is 53.9 Å². The molecule has 6 unspecified atom stereocenters. The maximum atomic E-state index is 14.6. The number of fused-ring (bicyclic) bond motifs is 2. The normalized spacial score (nSPS) is 22.3. The highest BCUT2D eigenvalue weighted by Gasteiger charge is 2.65. The van der Waals surface area contributed by atoms with Gasteiger partial charge in [-0.05, 0) is 79.3 Å². The van der Waals surface area contributed by atoms with Crippen molar-refractivity contribution in [2.45, 2.75) is 82.8 Å². The fraction of sp³-hybridized carbons (Fsp3) is 0.510. The molecule has 66 heavy (non-hydrogen) atoms. The van der Waals surface area contributed by atoms with E-state index in [-0.39, 0.29) is 90.1 Å². The first-order valence-corrected chi connectivity index (χ1v) is 23.3. The monoisotopic (exact) mass is 913 g/mol. The van der Waals surface area contributed by atoms with Crippen LogP contribution in [0.1, 0.15) is 74.5 Å². The van der Waals surface area contributed by atoms with Crippen molar-refractivity contribution in [2.75, 3.05) is 66.0 Å². The molecule has 6 atom stereocenters. The second-order valence-corrected chi connectivity index (χ2v) is 16.6. The van der Waals surface area contributed by atoms with E-state index in [1.807, 2.05) is 73.7 Å². The van der Waals surface area contributed by atoms with Gasteiger partial charge >= 0.3 is 12.2 Å². The summed E-state index contributed by atoms with van der Waals surface area (Å²) in [6, 6.07) is 23.8. The quantitative estimate of drug-likeness (QED) is 0.0341. The van der Waals surface area contributed by atoms with Gasteiger partial charge in [0.15, 0.2) is 0 Å². The number of hydrogen-bond donors (Lipinski definition) is 4. The minimum Gasteiger partial charge on any atom is -0.459 e. The third kappa shape index (κ3) is 13.0. The molecule has 1 aliphatic heterocycles. The summed E-state index contributed by atoms with van der Waals surface area (Å²) in [5.41, 5.74) is 4.19. The van der Waals surface area contributed by atoms with E-state index in [0.717, 1.165) is 47.9 Å². The van der Waals surface area contributed by atoms with Crippen LogP contribution in [0.2, 0.25) is 0 Å². The number of rotatable bonds is 27. The summed E-state index contributed by atoms with van der Waals surface area (Å²) in [4.78, 5) is 35.3. The molecule has 0 bridgehead atoms. The Bertz CT molecular complexity index is 2030. The summed E-state index contributed by atoms with van der Waals surface area (Å²) in [6.45, 7) is 7.08. The minimum atomic E-state index is -1.55. The Morgan fingerprint density at radius 1 is 0.894 bits per heavy atom. The van der Waals surface area contributed by atoms with Crippen LogP contribution < -0.4 is 14.8 Å². The van der Waals surface area contributed by atoms with E-state index in [9.17, 15) is 24.9 Å². The Kier molecular flexibility index (Phi) is 19.9. The number of ether oxygens (including phenoxy) is 6. The van der Waals surface area contributed by atoms with E-state index >= 15 is 0 Å². The van der Waals surface area contributed by atoms with Crippen molar-refractivity contribution < 1.29 is 58.2 Å². The number of hydrogen-bond acceptors (Lipinski definition) is 13. The first kappa shape index (κ1) is 50.1. The first-order valence-electron chi connectivity index (χ1n) is 23.3. The van der Waals surface area contributed by atoms with Crippen molar-refractivity contribution in [1.82, 2.24) is 10.2 Å². The van der Waals surface area contributed by atoms with Crippen LogP contribution >= 0.6 is 0 Å². The van der Waals surface area contributed by atoms with Gasteiger partial charge in [-0.15, -0.1) is 6.58 Å². The van der Waals surface area contributed by atoms with Crippen LogP contribution in [-0.2, 0) is 36.9 Å². The lowest BCUT2D eigenvalue weighted by Crippen LogP contribution is -2.70. The number of aliphatic hydroxyl groups is 3. The van der Waals surface area contributed by atoms with Crippen molar-refractivity contribution in [3.05, 3.63) is 120 Å². The second kappa shape index (κ2) is 26.2. The maximum absolute atomic E-state index is 14.6. The third-order valence-corrected chi connectivity index (χ3v) is 12.3. The summed E-state index contributed by atoms with van der Waals surface area (Å²) in [6.07, 6.45) is 7.03. The molecule has 1 heterocycles. The fourth-order valence-corrected chi connectivity index (χ4v) is 9.51. The van der Waals surface area contributed by atoms with Gasteiger partial charge in [-0.3, -0.25) is 4.90 Å². The van der Waals surface area contributed by atoms with Crippen molar-refractivity contribution in [3.8, 4) is 11.5 Å². The van der Waals surface area contributed by atoms with Crippen LogP contribution in [0.5, 0.6) is 11.5 Å². The number of carbonyl (C=O) groups is 2. The number of oxime groups is 1. The Morgan fingerprint density at radius 3 is 2.35 bits per heavy atom. The fourth-order valence-electron chi connectivity index (χ4n) is 9.51. The van der Waals surface area contributed by atoms with Gasteiger partial charge in [-0.25, -0.2) is 9.59 Å². The number of benzene rings is 3. The Hall–Kier alpha value is -5.29. The van der Waals surface area contributed by atoms with E-state index in [0.29, 0.717) is 43.3 Å². The molecule has 0 aromatic heterocycles. The van der Waals surface area contributed by atoms with Crippen LogP contribution in [0.3, 0.4) is 0 Å². The van der Waals surface area contributed by atoms with Crippen molar-refractivity contribution in [1.29, 1.82) is 0 Å². The molecule has 358 valence electrons. The molecule has 15 heteroatoms. The molecule has 15 nitrogen and oxygen atoms in total. The smallest absolute Gasteiger partial charge is 0.412 e. The summed E-state index contributed by atoms with van der Waals surface area (Å²) < 4.78 is 37.8.